The van der Waals surface area contributed by atoms with Gasteiger partial charge in [0.25, 0.3) is 0 Å². The summed E-state index contributed by atoms with van der Waals surface area (Å²) in [5.74, 6) is 0.848. The number of hydrogen-bond donors (Lipinski definition) is 1. The van der Waals surface area contributed by atoms with E-state index in [2.05, 4.69) is 5.32 Å². The summed E-state index contributed by atoms with van der Waals surface area (Å²) >= 11 is 0. The Bertz CT molecular complexity index is 656. The lowest BCUT2D eigenvalue weighted by atomic mass is 10.1. The fourth-order valence-electron chi connectivity index (χ4n) is 3.35. The highest BCUT2D eigenvalue weighted by Gasteiger charge is 2.36. The van der Waals surface area contributed by atoms with Gasteiger partial charge >= 0.3 is 0 Å². The SMILES string of the molecule is O=C(NC[C@@H]1CCCO1)[C@H]1CC(=O)N(c2ccc3c(c2)OCO3)C1. The van der Waals surface area contributed by atoms with Crippen molar-refractivity contribution < 1.29 is 23.8 Å². The van der Waals surface area contributed by atoms with Gasteiger partial charge in [0.1, 0.15) is 0 Å². The Hall–Kier alpha value is -2.28. The van der Waals surface area contributed by atoms with E-state index < -0.39 is 0 Å². The highest BCUT2D eigenvalue weighted by molar-refractivity contribution is 6.00. The van der Waals surface area contributed by atoms with Gasteiger partial charge in [-0.25, -0.2) is 0 Å². The van der Waals surface area contributed by atoms with Gasteiger partial charge in [-0.2, -0.15) is 0 Å². The summed E-state index contributed by atoms with van der Waals surface area (Å²) in [5.41, 5.74) is 0.735. The molecular formula is C17H20N2O5. The minimum Gasteiger partial charge on any atom is -0.454 e. The van der Waals surface area contributed by atoms with Gasteiger partial charge in [0, 0.05) is 37.9 Å². The molecule has 4 rings (SSSR count). The van der Waals surface area contributed by atoms with Crippen LogP contribution < -0.4 is 19.7 Å². The van der Waals surface area contributed by atoms with E-state index >= 15 is 0 Å². The molecule has 7 heteroatoms. The van der Waals surface area contributed by atoms with Crippen molar-refractivity contribution >= 4 is 17.5 Å². The summed E-state index contributed by atoms with van der Waals surface area (Å²) in [6.45, 7) is 1.87. The fourth-order valence-corrected chi connectivity index (χ4v) is 3.35. The normalized spacial score (nSPS) is 25.3. The highest BCUT2D eigenvalue weighted by Crippen LogP contribution is 2.37. The lowest BCUT2D eigenvalue weighted by Crippen LogP contribution is -2.37. The summed E-state index contributed by atoms with van der Waals surface area (Å²) < 4.78 is 16.1. The van der Waals surface area contributed by atoms with Crippen molar-refractivity contribution in [1.82, 2.24) is 5.32 Å². The van der Waals surface area contributed by atoms with Crippen LogP contribution in [0, 0.1) is 5.92 Å². The molecule has 2 atom stereocenters. The Balaban J connectivity index is 1.38. The lowest BCUT2D eigenvalue weighted by Gasteiger charge is -2.17. The van der Waals surface area contributed by atoms with E-state index in [4.69, 9.17) is 14.2 Å². The van der Waals surface area contributed by atoms with Crippen LogP contribution in [0.4, 0.5) is 5.69 Å². The van der Waals surface area contributed by atoms with Crippen molar-refractivity contribution in [3.8, 4) is 11.5 Å². The largest absolute Gasteiger partial charge is 0.454 e. The van der Waals surface area contributed by atoms with Gasteiger partial charge in [-0.1, -0.05) is 0 Å². The van der Waals surface area contributed by atoms with Gasteiger partial charge < -0.3 is 24.4 Å². The molecule has 3 aliphatic rings. The van der Waals surface area contributed by atoms with Crippen LogP contribution in [-0.2, 0) is 14.3 Å². The molecule has 2 amide bonds. The Morgan fingerprint density at radius 3 is 3.00 bits per heavy atom. The Labute approximate surface area is 139 Å². The zero-order valence-electron chi connectivity index (χ0n) is 13.3. The van der Waals surface area contributed by atoms with Crippen LogP contribution in [0.2, 0.25) is 0 Å². The molecular weight excluding hydrogens is 312 g/mol. The number of rotatable bonds is 4. The second-order valence-corrected chi connectivity index (χ2v) is 6.32. The number of benzene rings is 1. The second kappa shape index (κ2) is 6.32. The van der Waals surface area contributed by atoms with Crippen LogP contribution in [0.3, 0.4) is 0 Å². The van der Waals surface area contributed by atoms with Gasteiger partial charge in [0.15, 0.2) is 11.5 Å². The zero-order chi connectivity index (χ0) is 16.5. The first-order chi connectivity index (χ1) is 11.7. The average Bonchev–Trinajstić information content (AvgIpc) is 3.32. The van der Waals surface area contributed by atoms with Gasteiger partial charge in [0.2, 0.25) is 18.6 Å². The van der Waals surface area contributed by atoms with Crippen LogP contribution in [0.5, 0.6) is 11.5 Å². The predicted octanol–water partition coefficient (Wildman–Crippen LogP) is 1.06. The van der Waals surface area contributed by atoms with Crippen LogP contribution in [0.25, 0.3) is 0 Å². The molecule has 2 fully saturated rings. The van der Waals surface area contributed by atoms with E-state index in [9.17, 15) is 9.59 Å². The average molecular weight is 332 g/mol. The number of nitrogens with one attached hydrogen (secondary N) is 1. The molecule has 0 unspecified atom stereocenters. The molecule has 0 saturated carbocycles. The molecule has 1 aromatic rings. The summed E-state index contributed by atoms with van der Waals surface area (Å²) in [4.78, 5) is 26.3. The van der Waals surface area contributed by atoms with Gasteiger partial charge in [-0.3, -0.25) is 9.59 Å². The summed E-state index contributed by atoms with van der Waals surface area (Å²) in [6.07, 6.45) is 2.36. The van der Waals surface area contributed by atoms with Gasteiger partial charge in [0.05, 0.1) is 12.0 Å². The number of carbonyl (C=O) groups excluding carboxylic acids is 2. The maximum atomic E-state index is 12.3. The zero-order valence-corrected chi connectivity index (χ0v) is 13.3. The van der Waals surface area contributed by atoms with E-state index in [1.165, 1.54) is 0 Å². The molecule has 128 valence electrons. The molecule has 0 spiro atoms. The van der Waals surface area contributed by atoms with Crippen molar-refractivity contribution in [2.24, 2.45) is 5.92 Å². The number of nitrogens with zero attached hydrogens (tertiary/aromatic N) is 1. The number of hydrogen-bond acceptors (Lipinski definition) is 5. The van der Waals surface area contributed by atoms with Crippen LogP contribution >= 0.6 is 0 Å². The first-order valence-corrected chi connectivity index (χ1v) is 8.30. The molecule has 3 heterocycles. The fraction of sp³-hybridized carbons (Fsp3) is 0.529. The van der Waals surface area contributed by atoms with E-state index in [0.29, 0.717) is 24.6 Å². The quantitative estimate of drug-likeness (QED) is 0.892. The Morgan fingerprint density at radius 1 is 1.29 bits per heavy atom. The Morgan fingerprint density at radius 2 is 2.17 bits per heavy atom. The predicted molar refractivity (Wildman–Crippen MR) is 85.0 cm³/mol. The third-order valence-electron chi connectivity index (χ3n) is 4.69. The maximum Gasteiger partial charge on any atom is 0.231 e. The number of carbonyl (C=O) groups is 2. The van der Waals surface area contributed by atoms with Crippen LogP contribution in [0.15, 0.2) is 18.2 Å². The molecule has 0 radical (unpaired) electrons. The van der Waals surface area contributed by atoms with Gasteiger partial charge in [-0.15, -0.1) is 0 Å². The van der Waals surface area contributed by atoms with Crippen LogP contribution in [-0.4, -0.2) is 44.4 Å². The summed E-state index contributed by atoms with van der Waals surface area (Å²) in [5, 5.41) is 2.91. The first-order valence-electron chi connectivity index (χ1n) is 8.30. The molecule has 7 nitrogen and oxygen atoms in total. The molecule has 24 heavy (non-hydrogen) atoms. The van der Waals surface area contributed by atoms with Crippen molar-refractivity contribution in [1.29, 1.82) is 0 Å². The van der Waals surface area contributed by atoms with Crippen molar-refractivity contribution in [3.05, 3.63) is 18.2 Å². The second-order valence-electron chi connectivity index (χ2n) is 6.32. The molecule has 1 N–H and O–H groups in total. The van der Waals surface area contributed by atoms with E-state index in [-0.39, 0.29) is 37.0 Å². The topological polar surface area (TPSA) is 77.1 Å². The van der Waals surface area contributed by atoms with E-state index in [1.807, 2.05) is 6.07 Å². The molecule has 3 aliphatic heterocycles. The lowest BCUT2D eigenvalue weighted by molar-refractivity contribution is -0.126. The number of anilines is 1. The van der Waals surface area contributed by atoms with Crippen LogP contribution in [0.1, 0.15) is 19.3 Å². The molecule has 0 aliphatic carbocycles. The summed E-state index contributed by atoms with van der Waals surface area (Å²) in [7, 11) is 0. The molecule has 1 aromatic carbocycles. The highest BCUT2D eigenvalue weighted by atomic mass is 16.7. The monoisotopic (exact) mass is 332 g/mol. The van der Waals surface area contributed by atoms with E-state index in [1.54, 1.807) is 17.0 Å². The summed E-state index contributed by atoms with van der Waals surface area (Å²) in [6, 6.07) is 5.39. The van der Waals surface area contributed by atoms with Gasteiger partial charge in [-0.05, 0) is 25.0 Å². The smallest absolute Gasteiger partial charge is 0.231 e. The number of amides is 2. The minimum absolute atomic E-state index is 0.0499. The number of ether oxygens (including phenoxy) is 3. The minimum atomic E-state index is -0.329. The third kappa shape index (κ3) is 2.91. The van der Waals surface area contributed by atoms with Crippen molar-refractivity contribution in [3.63, 3.8) is 0 Å². The maximum absolute atomic E-state index is 12.3. The number of fused-ring (bicyclic) bond motifs is 1. The first kappa shape index (κ1) is 15.3. The molecule has 0 bridgehead atoms. The molecule has 0 aromatic heterocycles. The van der Waals surface area contributed by atoms with Crippen molar-refractivity contribution in [2.75, 3.05) is 31.4 Å². The Kier molecular flexibility index (Phi) is 4.02. The molecule has 2 saturated heterocycles. The third-order valence-corrected chi connectivity index (χ3v) is 4.69. The van der Waals surface area contributed by atoms with E-state index in [0.717, 1.165) is 25.1 Å². The van der Waals surface area contributed by atoms with Crippen molar-refractivity contribution in [2.45, 2.75) is 25.4 Å². The standard InChI is InChI=1S/C17H20N2O5/c20-16-6-11(17(21)18-8-13-2-1-5-22-13)9-19(16)12-3-4-14-15(7-12)24-10-23-14/h3-4,7,11,13H,1-2,5-6,8-10H2,(H,18,21)/t11-,13-/m0/s1.